The number of nitrogens with one attached hydrogen (secondary N) is 2. The van der Waals surface area contributed by atoms with E-state index < -0.39 is 0 Å². The monoisotopic (exact) mass is 379 g/mol. The second-order valence-corrected chi connectivity index (χ2v) is 7.26. The van der Waals surface area contributed by atoms with Crippen molar-refractivity contribution in [2.75, 3.05) is 19.6 Å². The molecular formula is C14H19Cl2N3OS2. The topological polar surface area (TPSA) is 54.0 Å². The van der Waals surface area contributed by atoms with E-state index in [9.17, 15) is 4.79 Å². The lowest BCUT2D eigenvalue weighted by Crippen LogP contribution is -2.32. The van der Waals surface area contributed by atoms with Crippen LogP contribution in [0.4, 0.5) is 0 Å². The van der Waals surface area contributed by atoms with Gasteiger partial charge in [-0.1, -0.05) is 18.5 Å². The van der Waals surface area contributed by atoms with Gasteiger partial charge in [-0.3, -0.25) is 4.79 Å². The Morgan fingerprint density at radius 3 is 2.68 bits per heavy atom. The highest BCUT2D eigenvalue weighted by Crippen LogP contribution is 2.34. The Kier molecular flexibility index (Phi) is 8.35. The predicted molar refractivity (Wildman–Crippen MR) is 97.9 cm³/mol. The molecular weight excluding hydrogens is 361 g/mol. The second-order valence-electron chi connectivity index (χ2n) is 4.54. The SMILES string of the molecule is CCCNCCNC(=O)c1sc(-c2ccc(Cl)s2)nc1C.Cl. The van der Waals surface area contributed by atoms with Crippen molar-refractivity contribution in [3.63, 3.8) is 0 Å². The van der Waals surface area contributed by atoms with Gasteiger partial charge in [0.2, 0.25) is 0 Å². The maximum absolute atomic E-state index is 12.2. The normalized spacial score (nSPS) is 10.3. The van der Waals surface area contributed by atoms with E-state index in [1.807, 2.05) is 19.1 Å². The first-order chi connectivity index (χ1) is 10.1. The van der Waals surface area contributed by atoms with Gasteiger partial charge in [-0.2, -0.15) is 0 Å². The maximum atomic E-state index is 12.2. The third-order valence-electron chi connectivity index (χ3n) is 2.80. The van der Waals surface area contributed by atoms with Gasteiger partial charge in [-0.25, -0.2) is 4.98 Å². The largest absolute Gasteiger partial charge is 0.350 e. The van der Waals surface area contributed by atoms with Crippen LogP contribution in [0, 0.1) is 6.92 Å². The zero-order valence-electron chi connectivity index (χ0n) is 12.4. The van der Waals surface area contributed by atoms with Crippen molar-refractivity contribution in [2.45, 2.75) is 20.3 Å². The molecule has 0 saturated carbocycles. The van der Waals surface area contributed by atoms with E-state index in [4.69, 9.17) is 11.6 Å². The first-order valence-electron chi connectivity index (χ1n) is 6.84. The van der Waals surface area contributed by atoms with Gasteiger partial charge in [0.1, 0.15) is 9.88 Å². The molecule has 0 unspecified atom stereocenters. The zero-order chi connectivity index (χ0) is 15.2. The molecule has 1 amide bonds. The van der Waals surface area contributed by atoms with Gasteiger partial charge >= 0.3 is 0 Å². The number of thiophene rings is 1. The lowest BCUT2D eigenvalue weighted by Gasteiger charge is -2.04. The first-order valence-corrected chi connectivity index (χ1v) is 8.85. The Balaban J connectivity index is 0.00000242. The van der Waals surface area contributed by atoms with Crippen LogP contribution >= 0.6 is 46.7 Å². The van der Waals surface area contributed by atoms with Crippen molar-refractivity contribution in [1.82, 2.24) is 15.6 Å². The Labute approximate surface area is 149 Å². The van der Waals surface area contributed by atoms with Gasteiger partial charge in [0.15, 0.2) is 0 Å². The molecule has 0 spiro atoms. The molecule has 0 aliphatic rings. The van der Waals surface area contributed by atoms with E-state index in [-0.39, 0.29) is 18.3 Å². The average molecular weight is 380 g/mol. The molecule has 0 aromatic carbocycles. The predicted octanol–water partition coefficient (Wildman–Crippen LogP) is 3.98. The molecule has 2 heterocycles. The molecule has 0 fully saturated rings. The van der Waals surface area contributed by atoms with Crippen molar-refractivity contribution in [3.05, 3.63) is 27.0 Å². The fourth-order valence-electron chi connectivity index (χ4n) is 1.79. The molecule has 2 N–H and O–H groups in total. The van der Waals surface area contributed by atoms with Crippen molar-refractivity contribution in [3.8, 4) is 9.88 Å². The minimum atomic E-state index is -0.0581. The van der Waals surface area contributed by atoms with Crippen LogP contribution in [0.25, 0.3) is 9.88 Å². The van der Waals surface area contributed by atoms with Gasteiger partial charge in [-0.15, -0.1) is 35.1 Å². The molecule has 0 aliphatic carbocycles. The molecule has 0 aliphatic heterocycles. The molecule has 4 nitrogen and oxygen atoms in total. The number of rotatable bonds is 7. The lowest BCUT2D eigenvalue weighted by atomic mass is 10.3. The molecule has 0 bridgehead atoms. The second kappa shape index (κ2) is 9.47. The van der Waals surface area contributed by atoms with Gasteiger partial charge in [-0.05, 0) is 32.0 Å². The zero-order valence-corrected chi connectivity index (χ0v) is 15.6. The van der Waals surface area contributed by atoms with Crippen LogP contribution in [-0.4, -0.2) is 30.5 Å². The number of carbonyl (C=O) groups is 1. The lowest BCUT2D eigenvalue weighted by molar-refractivity contribution is 0.0957. The summed E-state index contributed by atoms with van der Waals surface area (Å²) in [5.74, 6) is -0.0581. The van der Waals surface area contributed by atoms with Gasteiger partial charge < -0.3 is 10.6 Å². The fraction of sp³-hybridized carbons (Fsp3) is 0.429. The Morgan fingerprint density at radius 2 is 2.05 bits per heavy atom. The molecule has 22 heavy (non-hydrogen) atoms. The fourth-order valence-corrected chi connectivity index (χ4v) is 3.87. The average Bonchev–Trinajstić information content (AvgIpc) is 3.04. The number of carbonyl (C=O) groups excluding carboxylic acids is 1. The van der Waals surface area contributed by atoms with Crippen molar-refractivity contribution >= 4 is 52.6 Å². The van der Waals surface area contributed by atoms with Gasteiger partial charge in [0.25, 0.3) is 5.91 Å². The number of aromatic nitrogens is 1. The van der Waals surface area contributed by atoms with Crippen molar-refractivity contribution in [1.29, 1.82) is 0 Å². The van der Waals surface area contributed by atoms with E-state index in [2.05, 4.69) is 22.5 Å². The molecule has 2 rings (SSSR count). The molecule has 8 heteroatoms. The summed E-state index contributed by atoms with van der Waals surface area (Å²) < 4.78 is 0.728. The minimum Gasteiger partial charge on any atom is -0.350 e. The number of hydrogen-bond acceptors (Lipinski definition) is 5. The van der Waals surface area contributed by atoms with E-state index in [0.29, 0.717) is 11.4 Å². The highest BCUT2D eigenvalue weighted by molar-refractivity contribution is 7.24. The van der Waals surface area contributed by atoms with E-state index >= 15 is 0 Å². The standard InChI is InChI=1S/C14H18ClN3OS2.ClH/c1-3-6-16-7-8-17-13(19)12-9(2)18-14(21-12)10-4-5-11(15)20-10;/h4-5,16H,3,6-8H2,1-2H3,(H,17,19);1H. The minimum absolute atomic E-state index is 0. The van der Waals surface area contributed by atoms with E-state index in [1.165, 1.54) is 22.7 Å². The summed E-state index contributed by atoms with van der Waals surface area (Å²) in [7, 11) is 0. The summed E-state index contributed by atoms with van der Waals surface area (Å²) in [4.78, 5) is 18.3. The molecule has 0 atom stereocenters. The number of nitrogens with zero attached hydrogens (tertiary/aromatic N) is 1. The Bertz CT molecular complexity index is 613. The van der Waals surface area contributed by atoms with Crippen LogP contribution in [-0.2, 0) is 0 Å². The van der Waals surface area contributed by atoms with Crippen LogP contribution in [0.1, 0.15) is 28.7 Å². The van der Waals surface area contributed by atoms with E-state index in [1.54, 1.807) is 0 Å². The summed E-state index contributed by atoms with van der Waals surface area (Å²) in [6.45, 7) is 6.35. The number of halogens is 2. The summed E-state index contributed by atoms with van der Waals surface area (Å²) in [5, 5.41) is 7.01. The van der Waals surface area contributed by atoms with Crippen LogP contribution in [0.3, 0.4) is 0 Å². The van der Waals surface area contributed by atoms with E-state index in [0.717, 1.165) is 39.4 Å². The smallest absolute Gasteiger partial charge is 0.263 e. The summed E-state index contributed by atoms with van der Waals surface area (Å²) in [6.07, 6.45) is 1.09. The highest BCUT2D eigenvalue weighted by atomic mass is 35.5. The number of aryl methyl sites for hydroxylation is 1. The summed E-state index contributed by atoms with van der Waals surface area (Å²) >= 11 is 8.82. The molecule has 0 radical (unpaired) electrons. The van der Waals surface area contributed by atoms with Crippen LogP contribution in [0.2, 0.25) is 4.34 Å². The number of thiazole rings is 1. The van der Waals surface area contributed by atoms with Gasteiger partial charge in [0.05, 0.1) is 14.9 Å². The summed E-state index contributed by atoms with van der Waals surface area (Å²) in [5.41, 5.74) is 0.763. The Hall–Kier alpha value is -0.660. The highest BCUT2D eigenvalue weighted by Gasteiger charge is 2.16. The molecule has 122 valence electrons. The number of hydrogen-bond donors (Lipinski definition) is 2. The van der Waals surface area contributed by atoms with Crippen molar-refractivity contribution < 1.29 is 4.79 Å². The third kappa shape index (κ3) is 5.21. The quantitative estimate of drug-likeness (QED) is 0.715. The number of amides is 1. The maximum Gasteiger partial charge on any atom is 0.263 e. The molecule has 2 aromatic heterocycles. The van der Waals surface area contributed by atoms with Gasteiger partial charge in [0, 0.05) is 13.1 Å². The summed E-state index contributed by atoms with van der Waals surface area (Å²) in [6, 6.07) is 3.78. The van der Waals surface area contributed by atoms with Crippen LogP contribution in [0.5, 0.6) is 0 Å². The third-order valence-corrected chi connectivity index (χ3v) is 5.36. The van der Waals surface area contributed by atoms with Crippen LogP contribution < -0.4 is 10.6 Å². The van der Waals surface area contributed by atoms with Crippen LogP contribution in [0.15, 0.2) is 12.1 Å². The molecule has 0 saturated heterocycles. The molecule has 2 aromatic rings. The first kappa shape index (κ1) is 19.4. The Morgan fingerprint density at radius 1 is 1.27 bits per heavy atom. The van der Waals surface area contributed by atoms with Crippen molar-refractivity contribution in [2.24, 2.45) is 0 Å².